The van der Waals surface area contributed by atoms with Crippen molar-refractivity contribution in [2.45, 2.75) is 6.54 Å². The zero-order valence-corrected chi connectivity index (χ0v) is 21.4. The zero-order valence-electron chi connectivity index (χ0n) is 20.7. The molecule has 39 heavy (non-hydrogen) atoms. The molecule has 0 unspecified atom stereocenters. The molecule has 0 saturated carbocycles. The molecule has 7 rings (SSSR count). The summed E-state index contributed by atoms with van der Waals surface area (Å²) in [5, 5.41) is 3.71. The van der Waals surface area contributed by atoms with Crippen LogP contribution in [0.5, 0.6) is 0 Å². The summed E-state index contributed by atoms with van der Waals surface area (Å²) in [7, 11) is 0. The molecular formula is C31H22ClN5O2. The van der Waals surface area contributed by atoms with Gasteiger partial charge >= 0.3 is 0 Å². The summed E-state index contributed by atoms with van der Waals surface area (Å²) in [6.07, 6.45) is 0. The number of benzene rings is 3. The number of hydrogen-bond donors (Lipinski definition) is 1. The van der Waals surface area contributed by atoms with Crippen molar-refractivity contribution in [2.24, 2.45) is 0 Å². The van der Waals surface area contributed by atoms with Crippen LogP contribution in [0.15, 0.2) is 124 Å². The minimum Gasteiger partial charge on any atom is -0.418 e. The summed E-state index contributed by atoms with van der Waals surface area (Å²) < 4.78 is 11.3. The number of rotatable bonds is 5. The van der Waals surface area contributed by atoms with Crippen molar-refractivity contribution < 1.29 is 8.83 Å². The van der Waals surface area contributed by atoms with Crippen LogP contribution in [-0.4, -0.2) is 19.9 Å². The average molecular weight is 532 g/mol. The fraction of sp³-hybridized carbons (Fsp3) is 0.0323. The maximum atomic E-state index is 5.78. The highest BCUT2D eigenvalue weighted by Gasteiger charge is 2.10. The zero-order chi connectivity index (χ0) is 26.4. The molecule has 4 heterocycles. The van der Waals surface area contributed by atoms with Gasteiger partial charge in [0.2, 0.25) is 23.2 Å². The number of nitrogens with one attached hydrogen (secondary N) is 1. The molecule has 0 aliphatic heterocycles. The molecule has 0 fully saturated rings. The first kappa shape index (κ1) is 24.3. The highest BCUT2D eigenvalue weighted by molar-refractivity contribution is 6.29. The largest absolute Gasteiger partial charge is 0.418 e. The first-order valence-corrected chi connectivity index (χ1v) is 12.7. The van der Waals surface area contributed by atoms with Gasteiger partial charge in [-0.15, -0.1) is 0 Å². The van der Waals surface area contributed by atoms with Gasteiger partial charge in [0, 0.05) is 17.7 Å². The molecule has 0 atom stereocenters. The van der Waals surface area contributed by atoms with E-state index in [-0.39, 0.29) is 0 Å². The topological polar surface area (TPSA) is 89.9 Å². The minimum absolute atomic E-state index is 0.406. The van der Waals surface area contributed by atoms with Gasteiger partial charge in [-0.25, -0.2) is 9.97 Å². The third-order valence-electron chi connectivity index (χ3n) is 5.84. The fourth-order valence-electron chi connectivity index (χ4n) is 3.91. The molecule has 0 radical (unpaired) electrons. The lowest BCUT2D eigenvalue weighted by molar-refractivity contribution is 0.607. The third-order valence-corrected chi connectivity index (χ3v) is 6.05. The maximum Gasteiger partial charge on any atom is 0.249 e. The van der Waals surface area contributed by atoms with Crippen LogP contribution in [-0.2, 0) is 6.54 Å². The Bertz CT molecular complexity index is 1820. The van der Waals surface area contributed by atoms with Crippen molar-refractivity contribution in [3.05, 3.63) is 126 Å². The quantitative estimate of drug-likeness (QED) is 0.225. The monoisotopic (exact) mass is 531 g/mol. The van der Waals surface area contributed by atoms with E-state index in [0.717, 1.165) is 29.0 Å². The van der Waals surface area contributed by atoms with E-state index in [1.165, 1.54) is 5.56 Å². The third kappa shape index (κ3) is 5.79. The van der Waals surface area contributed by atoms with E-state index < -0.39 is 0 Å². The molecule has 190 valence electrons. The van der Waals surface area contributed by atoms with Crippen molar-refractivity contribution in [3.63, 3.8) is 0 Å². The number of pyridine rings is 2. The van der Waals surface area contributed by atoms with Gasteiger partial charge in [0.25, 0.3) is 0 Å². The van der Waals surface area contributed by atoms with Crippen LogP contribution in [0.25, 0.3) is 45.4 Å². The first-order chi connectivity index (χ1) is 19.2. The average Bonchev–Trinajstić information content (AvgIpc) is 3.62. The molecule has 0 aliphatic carbocycles. The molecule has 0 bridgehead atoms. The Morgan fingerprint density at radius 3 is 1.64 bits per heavy atom. The Hall–Kier alpha value is -5.01. The van der Waals surface area contributed by atoms with Crippen LogP contribution in [0, 0.1) is 0 Å². The summed E-state index contributed by atoms with van der Waals surface area (Å²) >= 11 is 5.78. The van der Waals surface area contributed by atoms with E-state index >= 15 is 0 Å². The molecular weight excluding hydrogens is 510 g/mol. The van der Waals surface area contributed by atoms with Crippen molar-refractivity contribution >= 4 is 39.9 Å². The Morgan fingerprint density at radius 1 is 0.538 bits per heavy atom. The van der Waals surface area contributed by atoms with Crippen LogP contribution >= 0.6 is 11.6 Å². The number of anilines is 1. The van der Waals surface area contributed by atoms with E-state index in [0.29, 0.717) is 33.9 Å². The van der Waals surface area contributed by atoms with Gasteiger partial charge in [-0.1, -0.05) is 78.3 Å². The second-order valence-electron chi connectivity index (χ2n) is 8.59. The molecule has 3 aromatic carbocycles. The second kappa shape index (κ2) is 11.2. The molecule has 1 N–H and O–H groups in total. The Balaban J connectivity index is 0.000000151. The molecule has 0 spiro atoms. The Kier molecular flexibility index (Phi) is 6.97. The lowest BCUT2D eigenvalue weighted by Crippen LogP contribution is -2.00. The predicted molar refractivity (Wildman–Crippen MR) is 153 cm³/mol. The van der Waals surface area contributed by atoms with Crippen molar-refractivity contribution in [1.82, 2.24) is 19.9 Å². The molecule has 7 nitrogen and oxygen atoms in total. The Morgan fingerprint density at radius 2 is 1.05 bits per heavy atom. The van der Waals surface area contributed by atoms with Crippen molar-refractivity contribution in [1.29, 1.82) is 0 Å². The lowest BCUT2D eigenvalue weighted by Gasteiger charge is -2.04. The van der Waals surface area contributed by atoms with E-state index in [4.69, 9.17) is 20.4 Å². The van der Waals surface area contributed by atoms with Gasteiger partial charge in [0.05, 0.1) is 0 Å². The highest BCUT2D eigenvalue weighted by atomic mass is 35.5. The Labute approximate surface area is 229 Å². The highest BCUT2D eigenvalue weighted by Crippen LogP contribution is 2.25. The summed E-state index contributed by atoms with van der Waals surface area (Å²) in [5.74, 6) is 1.93. The lowest BCUT2D eigenvalue weighted by atomic mass is 10.2. The summed E-state index contributed by atoms with van der Waals surface area (Å²) in [5.41, 5.74) is 5.56. The van der Waals surface area contributed by atoms with Crippen molar-refractivity contribution in [3.8, 4) is 22.9 Å². The van der Waals surface area contributed by atoms with E-state index in [1.54, 1.807) is 12.1 Å². The smallest absolute Gasteiger partial charge is 0.249 e. The standard InChI is InChI=1S/C19H15N3O.C12H7ClN2O/c1-3-7-14(8-4-1)13-20-17-12-11-16-19(22-17)23-18(21-16)15-9-5-2-6-10-15;13-10-7-6-9-12(15-10)16-11(14-9)8-4-2-1-3-5-8/h1-12H,13H2,(H,20,22);1-7H. The number of oxazole rings is 2. The molecule has 0 amide bonds. The van der Waals surface area contributed by atoms with Gasteiger partial charge in [-0.2, -0.15) is 9.97 Å². The second-order valence-corrected chi connectivity index (χ2v) is 8.98. The number of aromatic nitrogens is 4. The van der Waals surface area contributed by atoms with Gasteiger partial charge in [0.1, 0.15) is 22.0 Å². The van der Waals surface area contributed by atoms with E-state index in [2.05, 4.69) is 37.4 Å². The van der Waals surface area contributed by atoms with E-state index in [1.807, 2.05) is 91.0 Å². The van der Waals surface area contributed by atoms with Crippen LogP contribution in [0.2, 0.25) is 5.15 Å². The normalized spacial score (nSPS) is 10.8. The predicted octanol–water partition coefficient (Wildman–Crippen LogP) is 8.05. The molecule has 0 saturated heterocycles. The van der Waals surface area contributed by atoms with Gasteiger partial charge in [-0.3, -0.25) is 0 Å². The van der Waals surface area contributed by atoms with Crippen LogP contribution in [0.4, 0.5) is 5.82 Å². The van der Waals surface area contributed by atoms with Crippen molar-refractivity contribution in [2.75, 3.05) is 5.32 Å². The minimum atomic E-state index is 0.406. The summed E-state index contributed by atoms with van der Waals surface area (Å²) in [4.78, 5) is 17.4. The van der Waals surface area contributed by atoms with Crippen LogP contribution in [0.1, 0.15) is 5.56 Å². The van der Waals surface area contributed by atoms with Gasteiger partial charge < -0.3 is 14.2 Å². The van der Waals surface area contributed by atoms with Gasteiger partial charge in [-0.05, 0) is 54.1 Å². The van der Waals surface area contributed by atoms with Crippen LogP contribution in [0.3, 0.4) is 0 Å². The SMILES string of the molecule is Clc1ccc2nc(-c3ccccc3)oc2n1.c1ccc(CNc2ccc3nc(-c4ccccc4)oc3n2)cc1. The number of nitrogens with zero attached hydrogens (tertiary/aromatic N) is 4. The summed E-state index contributed by atoms with van der Waals surface area (Å²) in [6.45, 7) is 0.721. The van der Waals surface area contributed by atoms with Crippen LogP contribution < -0.4 is 5.32 Å². The van der Waals surface area contributed by atoms with Gasteiger partial charge in [0.15, 0.2) is 0 Å². The number of halogens is 1. The first-order valence-electron chi connectivity index (χ1n) is 12.3. The summed E-state index contributed by atoms with van der Waals surface area (Å²) in [6, 6.07) is 37.1. The fourth-order valence-corrected chi connectivity index (χ4v) is 4.05. The number of fused-ring (bicyclic) bond motifs is 2. The molecule has 4 aromatic heterocycles. The van der Waals surface area contributed by atoms with E-state index in [9.17, 15) is 0 Å². The molecule has 8 heteroatoms. The molecule has 7 aromatic rings. The number of hydrogen-bond acceptors (Lipinski definition) is 7. The maximum absolute atomic E-state index is 5.78. The molecule has 0 aliphatic rings.